The highest BCUT2D eigenvalue weighted by molar-refractivity contribution is 6.60. The molecule has 2 rings (SSSR count). The van der Waals surface area contributed by atoms with Gasteiger partial charge in [0.2, 0.25) is 5.91 Å². The first-order valence-electron chi connectivity index (χ1n) is 9.90. The molecule has 12 heteroatoms. The summed E-state index contributed by atoms with van der Waals surface area (Å²) in [5.74, 6) is -1.50. The molecule has 0 saturated carbocycles. The third kappa shape index (κ3) is 6.58. The van der Waals surface area contributed by atoms with Gasteiger partial charge in [0.05, 0.1) is 39.2 Å². The molecule has 2 N–H and O–H groups in total. The molecule has 1 saturated heterocycles. The number of hydrogen-bond acceptors (Lipinski definition) is 3. The van der Waals surface area contributed by atoms with Gasteiger partial charge in [-0.2, -0.15) is 0 Å². The summed E-state index contributed by atoms with van der Waals surface area (Å²) in [5.41, 5.74) is -1.00. The molecule has 1 aliphatic rings. The zero-order valence-corrected chi connectivity index (χ0v) is 18.5. The fourth-order valence-corrected chi connectivity index (χ4v) is 3.39. The van der Waals surface area contributed by atoms with Crippen LogP contribution in [-0.2, 0) is 4.79 Å². The van der Waals surface area contributed by atoms with Crippen molar-refractivity contribution in [3.63, 3.8) is 0 Å². The molecule has 0 aromatic heterocycles. The van der Waals surface area contributed by atoms with Crippen LogP contribution in [0.3, 0.4) is 0 Å². The summed E-state index contributed by atoms with van der Waals surface area (Å²) < 4.78 is 13.4. The minimum Gasteiger partial charge on any atom is -0.353 e. The maximum absolute atomic E-state index is 13.4. The normalized spacial score (nSPS) is 16.6. The van der Waals surface area contributed by atoms with Gasteiger partial charge in [0.1, 0.15) is 5.82 Å². The molecule has 1 fully saturated rings. The Labute approximate surface area is 195 Å². The summed E-state index contributed by atoms with van der Waals surface area (Å²) in [7, 11) is 29.3. The fraction of sp³-hybridized carbons (Fsp3) is 0.579. The van der Waals surface area contributed by atoms with Crippen LogP contribution in [0.2, 0.25) is 10.1 Å². The molecule has 154 valence electrons. The standard InChI is InChI=1S/C19H22B5ClFN3O2/c1-17(2,19(22,23)24)28-16(31)18(20,21)29-5-3-11(4-6-29)10-27-15(30)12-7-13(25)9-14(26)8-12/h7-9,11H,3-6,10H2,1-2H3,(H,27,30)(H,28,31). The van der Waals surface area contributed by atoms with E-state index in [4.69, 9.17) is 50.8 Å². The van der Waals surface area contributed by atoms with Crippen molar-refractivity contribution in [2.24, 2.45) is 5.92 Å². The van der Waals surface area contributed by atoms with E-state index in [2.05, 4.69) is 10.6 Å². The van der Waals surface area contributed by atoms with Crippen molar-refractivity contribution in [1.29, 1.82) is 0 Å². The van der Waals surface area contributed by atoms with Gasteiger partial charge in [0, 0.05) is 28.0 Å². The molecule has 31 heavy (non-hydrogen) atoms. The predicted octanol–water partition coefficient (Wildman–Crippen LogP) is 0.386. The zero-order chi connectivity index (χ0) is 23.6. The number of rotatable bonds is 7. The molecule has 0 unspecified atom stereocenters. The van der Waals surface area contributed by atoms with Gasteiger partial charge in [-0.3, -0.25) is 9.59 Å². The second kappa shape index (κ2) is 9.66. The quantitative estimate of drug-likeness (QED) is 0.613. The van der Waals surface area contributed by atoms with E-state index in [-0.39, 0.29) is 16.5 Å². The van der Waals surface area contributed by atoms with E-state index in [0.29, 0.717) is 32.5 Å². The lowest BCUT2D eigenvalue weighted by Crippen LogP contribution is -2.66. The van der Waals surface area contributed by atoms with Gasteiger partial charge in [0.15, 0.2) is 0 Å². The Morgan fingerprint density at radius 3 is 2.23 bits per heavy atom. The van der Waals surface area contributed by atoms with Crippen LogP contribution >= 0.6 is 11.6 Å². The summed E-state index contributed by atoms with van der Waals surface area (Å²) in [4.78, 5) is 26.6. The van der Waals surface area contributed by atoms with Crippen LogP contribution in [0.25, 0.3) is 0 Å². The Kier molecular flexibility index (Phi) is 8.07. The lowest BCUT2D eigenvalue weighted by molar-refractivity contribution is -0.127. The van der Waals surface area contributed by atoms with Crippen LogP contribution in [0, 0.1) is 11.7 Å². The van der Waals surface area contributed by atoms with E-state index in [1.165, 1.54) is 6.07 Å². The number of likely N-dealkylation sites (tertiary alicyclic amines) is 1. The molecular weight excluding hydrogens is 411 g/mol. The second-order valence-corrected chi connectivity index (χ2v) is 9.07. The molecule has 2 amide bonds. The molecule has 1 aromatic rings. The summed E-state index contributed by atoms with van der Waals surface area (Å²) in [6.07, 6.45) is 1.29. The van der Waals surface area contributed by atoms with Gasteiger partial charge in [-0.15, -0.1) is 5.11 Å². The van der Waals surface area contributed by atoms with Gasteiger partial charge in [-0.1, -0.05) is 11.6 Å². The SMILES string of the molecule is [B]C([B])(C(=O)NC(C)(C)C([B])([B])[B])N1CCC(CNC(=O)c2cc(F)cc(Cl)c2)CC1. The first-order chi connectivity index (χ1) is 14.1. The average Bonchev–Trinajstić information content (AvgIpc) is 2.64. The van der Waals surface area contributed by atoms with Crippen molar-refractivity contribution in [3.05, 3.63) is 34.6 Å². The predicted molar refractivity (Wildman–Crippen MR) is 124 cm³/mol. The Morgan fingerprint density at radius 2 is 1.71 bits per heavy atom. The van der Waals surface area contributed by atoms with Crippen LogP contribution in [0.4, 0.5) is 4.39 Å². The van der Waals surface area contributed by atoms with E-state index < -0.39 is 33.6 Å². The number of nitrogens with zero attached hydrogens (tertiary/aromatic N) is 1. The average molecular weight is 433 g/mol. The first kappa shape index (κ1) is 25.9. The minimum absolute atomic E-state index is 0.143. The monoisotopic (exact) mass is 433 g/mol. The van der Waals surface area contributed by atoms with Gasteiger partial charge < -0.3 is 15.5 Å². The van der Waals surface area contributed by atoms with Crippen LogP contribution < -0.4 is 10.6 Å². The lowest BCUT2D eigenvalue weighted by atomic mass is 9.35. The molecular formula is C19H22B5ClFN3O2. The number of hydrogen-bond donors (Lipinski definition) is 2. The lowest BCUT2D eigenvalue weighted by Gasteiger charge is -2.47. The van der Waals surface area contributed by atoms with Crippen molar-refractivity contribution in [1.82, 2.24) is 15.5 Å². The van der Waals surface area contributed by atoms with E-state index in [9.17, 15) is 14.0 Å². The Bertz CT molecular complexity index is 807. The number of nitrogens with one attached hydrogen (secondary N) is 2. The van der Waals surface area contributed by atoms with E-state index in [1.807, 2.05) is 0 Å². The Balaban J connectivity index is 1.88. The van der Waals surface area contributed by atoms with Crippen molar-refractivity contribution in [3.8, 4) is 0 Å². The van der Waals surface area contributed by atoms with Gasteiger partial charge >= 0.3 is 0 Å². The zero-order valence-electron chi connectivity index (χ0n) is 17.8. The summed E-state index contributed by atoms with van der Waals surface area (Å²) in [6, 6.07) is 3.66. The van der Waals surface area contributed by atoms with Crippen LogP contribution in [0.15, 0.2) is 18.2 Å². The number of carbonyl (C=O) groups is 2. The molecule has 5 nitrogen and oxygen atoms in total. The van der Waals surface area contributed by atoms with Crippen LogP contribution in [0.5, 0.6) is 0 Å². The molecule has 0 spiro atoms. The van der Waals surface area contributed by atoms with Gasteiger partial charge in [-0.05, 0) is 63.9 Å². The highest BCUT2D eigenvalue weighted by atomic mass is 35.5. The van der Waals surface area contributed by atoms with Crippen molar-refractivity contribution in [2.75, 3.05) is 19.6 Å². The van der Waals surface area contributed by atoms with Crippen LogP contribution in [0.1, 0.15) is 37.0 Å². The van der Waals surface area contributed by atoms with Gasteiger partial charge in [-0.25, -0.2) is 4.39 Å². The molecule has 0 atom stereocenters. The largest absolute Gasteiger partial charge is 0.353 e. The minimum atomic E-state index is -1.78. The van der Waals surface area contributed by atoms with Crippen molar-refractivity contribution in [2.45, 2.75) is 42.7 Å². The molecule has 0 aliphatic carbocycles. The van der Waals surface area contributed by atoms with Crippen molar-refractivity contribution >= 4 is 62.6 Å². The third-order valence-electron chi connectivity index (χ3n) is 5.69. The Morgan fingerprint density at radius 1 is 1.13 bits per heavy atom. The van der Waals surface area contributed by atoms with E-state index in [1.54, 1.807) is 18.7 Å². The first-order valence-corrected chi connectivity index (χ1v) is 10.3. The number of amides is 2. The number of carbonyl (C=O) groups excluding carboxylic acids is 2. The molecule has 10 radical (unpaired) electrons. The maximum atomic E-state index is 13.4. The summed E-state index contributed by atoms with van der Waals surface area (Å²) >= 11 is 5.79. The van der Waals surface area contributed by atoms with E-state index >= 15 is 0 Å². The van der Waals surface area contributed by atoms with Crippen LogP contribution in [-0.4, -0.2) is 86.5 Å². The second-order valence-electron chi connectivity index (χ2n) is 8.64. The van der Waals surface area contributed by atoms with E-state index in [0.717, 1.165) is 12.1 Å². The highest BCUT2D eigenvalue weighted by Gasteiger charge is 2.40. The van der Waals surface area contributed by atoms with Gasteiger partial charge in [0.25, 0.3) is 5.91 Å². The topological polar surface area (TPSA) is 61.4 Å². The molecule has 1 heterocycles. The molecule has 1 aliphatic heterocycles. The fourth-order valence-electron chi connectivity index (χ4n) is 3.17. The number of piperidine rings is 1. The highest BCUT2D eigenvalue weighted by Crippen LogP contribution is 2.28. The van der Waals surface area contributed by atoms with Crippen molar-refractivity contribution < 1.29 is 14.0 Å². The summed E-state index contributed by atoms with van der Waals surface area (Å²) in [6.45, 7) is 4.40. The smallest absolute Gasteiger partial charge is 0.251 e. The number of halogens is 2. The number of benzene rings is 1. The summed E-state index contributed by atoms with van der Waals surface area (Å²) in [5, 5.41) is 2.09. The molecule has 1 aromatic carbocycles. The Hall–Kier alpha value is -1.34. The maximum Gasteiger partial charge on any atom is 0.251 e. The molecule has 0 bridgehead atoms. The third-order valence-corrected chi connectivity index (χ3v) is 5.90.